The number of amides is 2. The fraction of sp³-hybridized carbons (Fsp3) is 0.455. The Morgan fingerprint density at radius 2 is 1.95 bits per heavy atom. The average molecular weight is 294 g/mol. The zero-order valence-corrected chi connectivity index (χ0v) is 10.2. The van der Waals surface area contributed by atoms with Crippen LogP contribution in [0.1, 0.15) is 18.1 Å². The summed E-state index contributed by atoms with van der Waals surface area (Å²) in [5.74, 6) is -2.56. The minimum absolute atomic E-state index is 0.0649. The highest BCUT2D eigenvalue weighted by Gasteiger charge is 2.29. The van der Waals surface area contributed by atoms with Gasteiger partial charge < -0.3 is 20.2 Å². The van der Waals surface area contributed by atoms with Crippen LogP contribution in [0.25, 0.3) is 0 Å². The molecular weight excluding hydrogens is 281 g/mol. The van der Waals surface area contributed by atoms with Gasteiger partial charge in [-0.1, -0.05) is 0 Å². The van der Waals surface area contributed by atoms with Crippen molar-refractivity contribution < 1.29 is 32.3 Å². The molecule has 0 radical (unpaired) electrons. The van der Waals surface area contributed by atoms with Crippen molar-refractivity contribution in [3.05, 3.63) is 24.2 Å². The molecule has 0 saturated carbocycles. The molecule has 1 aromatic heterocycles. The van der Waals surface area contributed by atoms with Crippen molar-refractivity contribution in [2.75, 3.05) is 13.1 Å². The van der Waals surface area contributed by atoms with Gasteiger partial charge in [0.1, 0.15) is 6.54 Å². The summed E-state index contributed by atoms with van der Waals surface area (Å²) in [7, 11) is 0. The van der Waals surface area contributed by atoms with Gasteiger partial charge in [0.15, 0.2) is 0 Å². The highest BCUT2D eigenvalue weighted by molar-refractivity contribution is 6.35. The Labute approximate surface area is 111 Å². The normalized spacial score (nSPS) is 12.8. The second kappa shape index (κ2) is 6.94. The summed E-state index contributed by atoms with van der Waals surface area (Å²) in [6, 6.07) is 1.53. The highest BCUT2D eigenvalue weighted by Crippen LogP contribution is 2.15. The molecule has 2 amide bonds. The van der Waals surface area contributed by atoms with Crippen LogP contribution in [-0.2, 0) is 9.59 Å². The molecule has 1 rings (SSSR count). The van der Waals surface area contributed by atoms with Gasteiger partial charge in [0, 0.05) is 12.1 Å². The van der Waals surface area contributed by atoms with E-state index in [2.05, 4.69) is 5.32 Å². The first-order chi connectivity index (χ1) is 9.29. The monoisotopic (exact) mass is 294 g/mol. The van der Waals surface area contributed by atoms with E-state index in [-0.39, 0.29) is 13.0 Å². The molecule has 3 N–H and O–H groups in total. The Morgan fingerprint density at radius 1 is 1.30 bits per heavy atom. The molecule has 0 fully saturated rings. The van der Waals surface area contributed by atoms with Gasteiger partial charge in [-0.15, -0.1) is 0 Å². The third kappa shape index (κ3) is 5.74. The lowest BCUT2D eigenvalue weighted by atomic mass is 10.1. The Hall–Kier alpha value is -2.03. The number of aliphatic hydroxyl groups excluding tert-OH is 1. The van der Waals surface area contributed by atoms with Crippen LogP contribution in [0.4, 0.5) is 13.2 Å². The van der Waals surface area contributed by atoms with Crippen LogP contribution in [-0.4, -0.2) is 36.2 Å². The van der Waals surface area contributed by atoms with Gasteiger partial charge >= 0.3 is 18.0 Å². The maximum Gasteiger partial charge on any atom is 0.405 e. The van der Waals surface area contributed by atoms with E-state index in [4.69, 9.17) is 4.42 Å². The first-order valence-electron chi connectivity index (χ1n) is 5.62. The molecule has 20 heavy (non-hydrogen) atoms. The van der Waals surface area contributed by atoms with E-state index in [9.17, 15) is 27.9 Å². The Bertz CT molecular complexity index is 445. The van der Waals surface area contributed by atoms with Crippen molar-refractivity contribution in [2.45, 2.75) is 18.7 Å². The Balaban J connectivity index is 2.24. The van der Waals surface area contributed by atoms with E-state index in [1.54, 1.807) is 0 Å². The predicted molar refractivity (Wildman–Crippen MR) is 60.4 cm³/mol. The zero-order chi connectivity index (χ0) is 15.2. The SMILES string of the molecule is O=C(NCC[C@H](O)c1ccoc1)C(=O)NCC(F)(F)F. The van der Waals surface area contributed by atoms with Crippen LogP contribution in [0.5, 0.6) is 0 Å². The summed E-state index contributed by atoms with van der Waals surface area (Å²) < 4.78 is 40.2. The Kier molecular flexibility index (Phi) is 5.56. The molecule has 9 heteroatoms. The van der Waals surface area contributed by atoms with Gasteiger partial charge in [-0.25, -0.2) is 0 Å². The van der Waals surface area contributed by atoms with E-state index < -0.39 is 30.6 Å². The van der Waals surface area contributed by atoms with Gasteiger partial charge in [-0.05, 0) is 12.5 Å². The first kappa shape index (κ1) is 16.0. The van der Waals surface area contributed by atoms with Crippen LogP contribution < -0.4 is 10.6 Å². The van der Waals surface area contributed by atoms with Crippen LogP contribution >= 0.6 is 0 Å². The van der Waals surface area contributed by atoms with Crippen molar-refractivity contribution in [1.82, 2.24) is 10.6 Å². The number of hydrogen-bond acceptors (Lipinski definition) is 4. The number of nitrogens with one attached hydrogen (secondary N) is 2. The average Bonchev–Trinajstić information content (AvgIpc) is 2.88. The maximum atomic E-state index is 11.8. The molecule has 0 saturated heterocycles. The molecular formula is C11H13F3N2O4. The molecule has 0 bridgehead atoms. The minimum atomic E-state index is -4.58. The molecule has 112 valence electrons. The number of hydrogen-bond donors (Lipinski definition) is 3. The molecule has 0 aliphatic carbocycles. The molecule has 1 aromatic rings. The minimum Gasteiger partial charge on any atom is -0.472 e. The van der Waals surface area contributed by atoms with Gasteiger partial charge in [0.05, 0.1) is 18.6 Å². The fourth-order valence-electron chi connectivity index (χ4n) is 1.29. The predicted octanol–water partition coefficient (Wildman–Crippen LogP) is 0.498. The molecule has 1 atom stereocenters. The number of furan rings is 1. The number of aliphatic hydroxyl groups is 1. The van der Waals surface area contributed by atoms with Crippen molar-refractivity contribution in [3.63, 3.8) is 0 Å². The van der Waals surface area contributed by atoms with Crippen molar-refractivity contribution in [1.29, 1.82) is 0 Å². The van der Waals surface area contributed by atoms with E-state index in [0.717, 1.165) is 0 Å². The molecule has 0 spiro atoms. The highest BCUT2D eigenvalue weighted by atomic mass is 19.4. The molecule has 0 aromatic carbocycles. The largest absolute Gasteiger partial charge is 0.472 e. The van der Waals surface area contributed by atoms with E-state index in [1.165, 1.54) is 23.9 Å². The quantitative estimate of drug-likeness (QED) is 0.690. The van der Waals surface area contributed by atoms with Crippen molar-refractivity contribution in [2.24, 2.45) is 0 Å². The second-order valence-electron chi connectivity index (χ2n) is 3.91. The number of alkyl halides is 3. The molecule has 1 heterocycles. The smallest absolute Gasteiger partial charge is 0.405 e. The van der Waals surface area contributed by atoms with Crippen LogP contribution in [0.3, 0.4) is 0 Å². The summed E-state index contributed by atoms with van der Waals surface area (Å²) in [6.07, 6.45) is -2.69. The van der Waals surface area contributed by atoms with Gasteiger partial charge in [0.2, 0.25) is 0 Å². The zero-order valence-electron chi connectivity index (χ0n) is 10.2. The summed E-state index contributed by atoms with van der Waals surface area (Å²) in [4.78, 5) is 22.1. The van der Waals surface area contributed by atoms with Crippen LogP contribution in [0.15, 0.2) is 23.0 Å². The van der Waals surface area contributed by atoms with Gasteiger partial charge in [-0.3, -0.25) is 9.59 Å². The second-order valence-corrected chi connectivity index (χ2v) is 3.91. The van der Waals surface area contributed by atoms with Gasteiger partial charge in [-0.2, -0.15) is 13.2 Å². The molecule has 0 aliphatic rings. The molecule has 6 nitrogen and oxygen atoms in total. The molecule has 0 unspecified atom stereocenters. The maximum absolute atomic E-state index is 11.8. The third-order valence-electron chi connectivity index (χ3n) is 2.29. The standard InChI is InChI=1S/C11H13F3N2O4/c12-11(13,14)6-16-10(19)9(18)15-3-1-8(17)7-2-4-20-5-7/h2,4-5,8,17H,1,3,6H2,(H,15,18)(H,16,19)/t8-/m0/s1. The number of halogens is 3. The van der Waals surface area contributed by atoms with Crippen LogP contribution in [0, 0.1) is 0 Å². The number of carbonyl (C=O) groups excluding carboxylic acids is 2. The fourth-order valence-corrected chi connectivity index (χ4v) is 1.29. The lowest BCUT2D eigenvalue weighted by Gasteiger charge is -2.10. The first-order valence-corrected chi connectivity index (χ1v) is 5.62. The topological polar surface area (TPSA) is 91.6 Å². The summed E-state index contributed by atoms with van der Waals surface area (Å²) in [5, 5.41) is 13.1. The number of carbonyl (C=O) groups is 2. The van der Waals surface area contributed by atoms with Crippen LogP contribution in [0.2, 0.25) is 0 Å². The Morgan fingerprint density at radius 3 is 2.50 bits per heavy atom. The van der Waals surface area contributed by atoms with E-state index in [1.807, 2.05) is 0 Å². The van der Waals surface area contributed by atoms with E-state index in [0.29, 0.717) is 5.56 Å². The van der Waals surface area contributed by atoms with E-state index >= 15 is 0 Å². The molecule has 0 aliphatic heterocycles. The number of rotatable bonds is 5. The summed E-state index contributed by atoms with van der Waals surface area (Å²) in [6.45, 7) is -1.64. The van der Waals surface area contributed by atoms with Crippen molar-refractivity contribution >= 4 is 11.8 Å². The lowest BCUT2D eigenvalue weighted by molar-refractivity contribution is -0.146. The third-order valence-corrected chi connectivity index (χ3v) is 2.29. The lowest BCUT2D eigenvalue weighted by Crippen LogP contribution is -2.43. The summed E-state index contributed by atoms with van der Waals surface area (Å²) in [5.41, 5.74) is 0.501. The van der Waals surface area contributed by atoms with Gasteiger partial charge in [0.25, 0.3) is 0 Å². The van der Waals surface area contributed by atoms with Crippen molar-refractivity contribution in [3.8, 4) is 0 Å². The summed E-state index contributed by atoms with van der Waals surface area (Å²) >= 11 is 0.